The van der Waals surface area contributed by atoms with E-state index in [1.54, 1.807) is 0 Å². The highest BCUT2D eigenvalue weighted by Crippen LogP contribution is 2.41. The monoisotopic (exact) mass is 168 g/mol. The van der Waals surface area contributed by atoms with Crippen LogP contribution in [-0.2, 0) is 0 Å². The van der Waals surface area contributed by atoms with E-state index < -0.39 is 0 Å². The van der Waals surface area contributed by atoms with E-state index in [9.17, 15) is 0 Å². The molecule has 2 heteroatoms. The first-order valence-corrected chi connectivity index (χ1v) is 5.28. The van der Waals surface area contributed by atoms with E-state index in [0.29, 0.717) is 0 Å². The standard InChI is InChI=1S/C10H20N2/c11-9-6-3-7-10(9,12)8-4-1-2-5-8/h8-9H,1-7,11-12H2. The van der Waals surface area contributed by atoms with Gasteiger partial charge in [0.05, 0.1) is 0 Å². The zero-order valence-electron chi connectivity index (χ0n) is 7.76. The summed E-state index contributed by atoms with van der Waals surface area (Å²) >= 11 is 0. The Labute approximate surface area is 74.7 Å². The third-order valence-electron chi connectivity index (χ3n) is 3.93. The van der Waals surface area contributed by atoms with Crippen molar-refractivity contribution in [2.45, 2.75) is 56.5 Å². The lowest BCUT2D eigenvalue weighted by Gasteiger charge is -2.35. The lowest BCUT2D eigenvalue weighted by atomic mass is 9.79. The highest BCUT2D eigenvalue weighted by atomic mass is 14.9. The SMILES string of the molecule is NC1CCCC1(N)C1CCCC1. The summed E-state index contributed by atoms with van der Waals surface area (Å²) < 4.78 is 0. The fourth-order valence-corrected chi connectivity index (χ4v) is 3.05. The molecule has 0 saturated heterocycles. The molecule has 2 aliphatic carbocycles. The molecule has 70 valence electrons. The van der Waals surface area contributed by atoms with Gasteiger partial charge in [0.15, 0.2) is 0 Å². The Kier molecular flexibility index (Phi) is 2.13. The quantitative estimate of drug-likeness (QED) is 0.621. The van der Waals surface area contributed by atoms with Crippen molar-refractivity contribution in [2.24, 2.45) is 17.4 Å². The van der Waals surface area contributed by atoms with E-state index in [0.717, 1.165) is 12.3 Å². The van der Waals surface area contributed by atoms with Gasteiger partial charge < -0.3 is 11.5 Å². The normalized spacial score (nSPS) is 44.0. The molecule has 2 aliphatic rings. The van der Waals surface area contributed by atoms with Crippen molar-refractivity contribution in [1.82, 2.24) is 0 Å². The molecule has 0 heterocycles. The van der Waals surface area contributed by atoms with Crippen LogP contribution in [0.3, 0.4) is 0 Å². The van der Waals surface area contributed by atoms with Crippen LogP contribution >= 0.6 is 0 Å². The summed E-state index contributed by atoms with van der Waals surface area (Å²) in [5.41, 5.74) is 12.5. The third kappa shape index (κ3) is 1.17. The lowest BCUT2D eigenvalue weighted by Crippen LogP contribution is -2.56. The van der Waals surface area contributed by atoms with Crippen molar-refractivity contribution in [3.8, 4) is 0 Å². The van der Waals surface area contributed by atoms with Gasteiger partial charge in [-0.05, 0) is 38.0 Å². The molecule has 2 fully saturated rings. The van der Waals surface area contributed by atoms with Crippen LogP contribution in [0.15, 0.2) is 0 Å². The minimum absolute atomic E-state index is 0.0104. The average molecular weight is 168 g/mol. The molecular weight excluding hydrogens is 148 g/mol. The first-order chi connectivity index (χ1) is 5.73. The van der Waals surface area contributed by atoms with Crippen molar-refractivity contribution in [3.05, 3.63) is 0 Å². The second kappa shape index (κ2) is 3.00. The largest absolute Gasteiger partial charge is 0.326 e. The summed E-state index contributed by atoms with van der Waals surface area (Å²) in [4.78, 5) is 0. The molecule has 0 radical (unpaired) electrons. The van der Waals surface area contributed by atoms with Gasteiger partial charge in [-0.1, -0.05) is 12.8 Å². The molecule has 2 atom stereocenters. The highest BCUT2D eigenvalue weighted by Gasteiger charge is 2.44. The zero-order valence-corrected chi connectivity index (χ0v) is 7.76. The fraction of sp³-hybridized carbons (Fsp3) is 1.00. The van der Waals surface area contributed by atoms with Crippen LogP contribution in [0.4, 0.5) is 0 Å². The van der Waals surface area contributed by atoms with Crippen LogP contribution in [0, 0.1) is 5.92 Å². The summed E-state index contributed by atoms with van der Waals surface area (Å²) in [5, 5.41) is 0. The van der Waals surface area contributed by atoms with Crippen molar-refractivity contribution in [1.29, 1.82) is 0 Å². The molecule has 0 spiro atoms. The first kappa shape index (κ1) is 8.52. The maximum Gasteiger partial charge on any atom is 0.0336 e. The van der Waals surface area contributed by atoms with Crippen LogP contribution in [-0.4, -0.2) is 11.6 Å². The van der Waals surface area contributed by atoms with Gasteiger partial charge in [-0.25, -0.2) is 0 Å². The molecule has 12 heavy (non-hydrogen) atoms. The van der Waals surface area contributed by atoms with E-state index in [2.05, 4.69) is 0 Å². The molecule has 0 aromatic heterocycles. The van der Waals surface area contributed by atoms with Crippen LogP contribution in [0.2, 0.25) is 0 Å². The Hall–Kier alpha value is -0.0800. The molecule has 0 amide bonds. The number of rotatable bonds is 1. The first-order valence-electron chi connectivity index (χ1n) is 5.28. The summed E-state index contributed by atoms with van der Waals surface area (Å²) in [7, 11) is 0. The van der Waals surface area contributed by atoms with Crippen molar-refractivity contribution >= 4 is 0 Å². The molecule has 2 rings (SSSR count). The maximum absolute atomic E-state index is 6.38. The molecular formula is C10H20N2. The Morgan fingerprint density at radius 2 is 1.67 bits per heavy atom. The van der Waals surface area contributed by atoms with Gasteiger partial charge in [-0.3, -0.25) is 0 Å². The van der Waals surface area contributed by atoms with Crippen molar-refractivity contribution in [2.75, 3.05) is 0 Å². The molecule has 2 saturated carbocycles. The van der Waals surface area contributed by atoms with E-state index in [1.807, 2.05) is 0 Å². The molecule has 2 nitrogen and oxygen atoms in total. The minimum atomic E-state index is 0.0104. The molecule has 4 N–H and O–H groups in total. The summed E-state index contributed by atoms with van der Waals surface area (Å²) in [6.07, 6.45) is 8.95. The second-order valence-electron chi connectivity index (χ2n) is 4.59. The Bertz CT molecular complexity index is 163. The Balaban J connectivity index is 2.07. The smallest absolute Gasteiger partial charge is 0.0336 e. The van der Waals surface area contributed by atoms with E-state index in [-0.39, 0.29) is 11.6 Å². The fourth-order valence-electron chi connectivity index (χ4n) is 3.05. The molecule has 0 bridgehead atoms. The second-order valence-corrected chi connectivity index (χ2v) is 4.59. The van der Waals surface area contributed by atoms with Gasteiger partial charge in [-0.15, -0.1) is 0 Å². The summed E-state index contributed by atoms with van der Waals surface area (Å²) in [6.45, 7) is 0. The third-order valence-corrected chi connectivity index (χ3v) is 3.93. The van der Waals surface area contributed by atoms with Gasteiger partial charge in [-0.2, -0.15) is 0 Å². The van der Waals surface area contributed by atoms with Crippen LogP contribution in [0.5, 0.6) is 0 Å². The lowest BCUT2D eigenvalue weighted by molar-refractivity contribution is 0.253. The summed E-state index contributed by atoms with van der Waals surface area (Å²) in [6, 6.07) is 0.278. The molecule has 0 aromatic carbocycles. The molecule has 0 aromatic rings. The number of nitrogens with two attached hydrogens (primary N) is 2. The van der Waals surface area contributed by atoms with E-state index >= 15 is 0 Å². The van der Waals surface area contributed by atoms with E-state index in [4.69, 9.17) is 11.5 Å². The topological polar surface area (TPSA) is 52.0 Å². The molecule has 0 aliphatic heterocycles. The van der Waals surface area contributed by atoms with Gasteiger partial charge >= 0.3 is 0 Å². The predicted octanol–water partition coefficient (Wildman–Crippen LogP) is 1.39. The number of hydrogen-bond donors (Lipinski definition) is 2. The Morgan fingerprint density at radius 3 is 2.17 bits per heavy atom. The van der Waals surface area contributed by atoms with Gasteiger partial charge in [0, 0.05) is 11.6 Å². The van der Waals surface area contributed by atoms with Gasteiger partial charge in [0.1, 0.15) is 0 Å². The highest BCUT2D eigenvalue weighted by molar-refractivity contribution is 5.04. The van der Waals surface area contributed by atoms with Crippen molar-refractivity contribution in [3.63, 3.8) is 0 Å². The minimum Gasteiger partial charge on any atom is -0.326 e. The maximum atomic E-state index is 6.38. The van der Waals surface area contributed by atoms with Crippen LogP contribution in [0.25, 0.3) is 0 Å². The molecule has 2 unspecified atom stereocenters. The zero-order chi connectivity index (χ0) is 8.60. The van der Waals surface area contributed by atoms with Crippen LogP contribution in [0.1, 0.15) is 44.9 Å². The average Bonchev–Trinajstić information content (AvgIpc) is 2.62. The number of hydrogen-bond acceptors (Lipinski definition) is 2. The van der Waals surface area contributed by atoms with Crippen molar-refractivity contribution < 1.29 is 0 Å². The predicted molar refractivity (Wildman–Crippen MR) is 50.7 cm³/mol. The summed E-state index contributed by atoms with van der Waals surface area (Å²) in [5.74, 6) is 0.731. The van der Waals surface area contributed by atoms with Gasteiger partial charge in [0.25, 0.3) is 0 Å². The van der Waals surface area contributed by atoms with Crippen LogP contribution < -0.4 is 11.5 Å². The Morgan fingerprint density at radius 1 is 1.00 bits per heavy atom. The van der Waals surface area contributed by atoms with Gasteiger partial charge in [0.2, 0.25) is 0 Å². The van der Waals surface area contributed by atoms with E-state index in [1.165, 1.54) is 38.5 Å².